The van der Waals surface area contributed by atoms with Gasteiger partial charge in [-0.2, -0.15) is 0 Å². The normalized spacial score (nSPS) is 15.5. The number of rotatable bonds is 2. The highest BCUT2D eigenvalue weighted by molar-refractivity contribution is 5.81. The maximum atomic E-state index is 10.1. The third kappa shape index (κ3) is 2.62. The Balaban J connectivity index is 2.64. The van der Waals surface area contributed by atoms with Crippen LogP contribution in [0.15, 0.2) is 36.1 Å². The molecule has 1 aliphatic heterocycles. The minimum atomic E-state index is -0.950. The van der Waals surface area contributed by atoms with E-state index >= 15 is 0 Å². The summed E-state index contributed by atoms with van der Waals surface area (Å²) in [4.78, 5) is 13.9. The number of hydrogen-bond donors (Lipinski definition) is 1. The molecule has 1 aliphatic rings. The molecule has 0 saturated heterocycles. The smallest absolute Gasteiger partial charge is 0.328 e. The maximum Gasteiger partial charge on any atom is 0.328 e. The molecule has 0 saturated carbocycles. The Kier molecular flexibility index (Phi) is 2.38. The number of nitrogens with zero attached hydrogens (tertiary/aromatic N) is 1. The van der Waals surface area contributed by atoms with Gasteiger partial charge in [0.25, 0.3) is 0 Å². The number of carboxylic acids is 1. The zero-order valence-electron chi connectivity index (χ0n) is 5.77. The molecule has 0 fully saturated rings. The van der Waals surface area contributed by atoms with Gasteiger partial charge >= 0.3 is 5.97 Å². The summed E-state index contributed by atoms with van der Waals surface area (Å²) in [6, 6.07) is 0. The number of carbonyl (C=O) groups is 1. The Labute approximate surface area is 64.1 Å². The van der Waals surface area contributed by atoms with Gasteiger partial charge in [-0.1, -0.05) is 0 Å². The summed E-state index contributed by atoms with van der Waals surface area (Å²) < 4.78 is 0. The average Bonchev–Trinajstić information content (AvgIpc) is 2.03. The first-order chi connectivity index (χ1) is 5.29. The van der Waals surface area contributed by atoms with Gasteiger partial charge in [-0.3, -0.25) is 0 Å². The van der Waals surface area contributed by atoms with Crippen molar-refractivity contribution >= 4 is 12.2 Å². The van der Waals surface area contributed by atoms with E-state index in [0.29, 0.717) is 0 Å². The highest BCUT2D eigenvalue weighted by Crippen LogP contribution is 1.98. The van der Waals surface area contributed by atoms with E-state index in [1.165, 1.54) is 6.08 Å². The largest absolute Gasteiger partial charge is 0.478 e. The number of aliphatic imine (C=N–C) groups is 1. The molecule has 1 rings (SSSR count). The van der Waals surface area contributed by atoms with Gasteiger partial charge in [0.2, 0.25) is 12.4 Å². The lowest BCUT2D eigenvalue weighted by Gasteiger charge is -1.85. The Hall–Kier alpha value is -1.64. The molecule has 0 aromatic rings. The number of carboxylic acid groups (broad SMARTS) is 1. The van der Waals surface area contributed by atoms with Crippen molar-refractivity contribution in [1.82, 2.24) is 4.99 Å². The van der Waals surface area contributed by atoms with Crippen molar-refractivity contribution in [2.45, 2.75) is 0 Å². The number of hydrogen-bond acceptors (Lipinski definition) is 2. The van der Waals surface area contributed by atoms with Crippen LogP contribution >= 0.6 is 0 Å². The second-order valence-electron chi connectivity index (χ2n) is 1.96. The molecule has 0 aliphatic carbocycles. The Morgan fingerprint density at radius 3 is 3.00 bits per heavy atom. The summed E-state index contributed by atoms with van der Waals surface area (Å²) >= 11 is 0. The third-order valence-corrected chi connectivity index (χ3v) is 1.10. The summed E-state index contributed by atoms with van der Waals surface area (Å²) in [5.41, 5.74) is 0.787. The van der Waals surface area contributed by atoms with Crippen LogP contribution in [0.1, 0.15) is 0 Å². The van der Waals surface area contributed by atoms with Crippen LogP contribution in [0, 0.1) is 0 Å². The van der Waals surface area contributed by atoms with Gasteiger partial charge < -0.3 is 5.11 Å². The van der Waals surface area contributed by atoms with Crippen molar-refractivity contribution in [3.63, 3.8) is 0 Å². The summed E-state index contributed by atoms with van der Waals surface area (Å²) in [7, 11) is 0. The summed E-state index contributed by atoms with van der Waals surface area (Å²) in [5, 5.41) is 8.27. The van der Waals surface area contributed by atoms with Crippen molar-refractivity contribution in [3.05, 3.63) is 36.1 Å². The van der Waals surface area contributed by atoms with Crippen molar-refractivity contribution < 1.29 is 9.90 Å². The standard InChI is InChI=1S/C8H7NO2/c10-8(11)4-3-7-2-1-5-9-6-7/h1-6H,(H,10,11)/q+1. The molecular formula is C8H7NO2+. The molecule has 0 spiro atoms. The van der Waals surface area contributed by atoms with E-state index in [4.69, 9.17) is 5.11 Å². The van der Waals surface area contributed by atoms with Crippen molar-refractivity contribution in [2.24, 2.45) is 0 Å². The van der Waals surface area contributed by atoms with Gasteiger partial charge in [0.05, 0.1) is 4.99 Å². The first kappa shape index (κ1) is 7.47. The molecule has 55 valence electrons. The van der Waals surface area contributed by atoms with Crippen molar-refractivity contribution in [1.29, 1.82) is 0 Å². The van der Waals surface area contributed by atoms with Gasteiger partial charge in [0.1, 0.15) is 0 Å². The van der Waals surface area contributed by atoms with E-state index < -0.39 is 5.97 Å². The molecule has 0 aromatic heterocycles. The number of allylic oxidation sites excluding steroid dienone is 4. The minimum Gasteiger partial charge on any atom is -0.478 e. The average molecular weight is 149 g/mol. The van der Waals surface area contributed by atoms with Crippen LogP contribution in [0.25, 0.3) is 0 Å². The molecule has 0 bridgehead atoms. The maximum absolute atomic E-state index is 10.1. The van der Waals surface area contributed by atoms with E-state index in [9.17, 15) is 4.79 Å². The molecule has 1 N–H and O–H groups in total. The van der Waals surface area contributed by atoms with Crippen LogP contribution < -0.4 is 4.99 Å². The molecule has 3 heteroatoms. The topological polar surface area (TPSA) is 51.4 Å². The monoisotopic (exact) mass is 149 g/mol. The molecule has 3 nitrogen and oxygen atoms in total. The SMILES string of the molecule is O=C(O)C=CC1=C[N+]=CC=C1. The Morgan fingerprint density at radius 2 is 2.45 bits per heavy atom. The quantitative estimate of drug-likeness (QED) is 0.581. The second-order valence-corrected chi connectivity index (χ2v) is 1.96. The van der Waals surface area contributed by atoms with E-state index in [1.807, 2.05) is 0 Å². The lowest BCUT2D eigenvalue weighted by Crippen LogP contribution is -1.90. The first-order valence-corrected chi connectivity index (χ1v) is 3.10. The predicted octanol–water partition coefficient (Wildman–Crippen LogP) is 0.488. The van der Waals surface area contributed by atoms with Gasteiger partial charge in [0.15, 0.2) is 0 Å². The first-order valence-electron chi connectivity index (χ1n) is 3.10. The highest BCUT2D eigenvalue weighted by atomic mass is 16.4. The zero-order chi connectivity index (χ0) is 8.10. The molecule has 0 amide bonds. The fourth-order valence-corrected chi connectivity index (χ4v) is 0.642. The van der Waals surface area contributed by atoms with Crippen LogP contribution in [0.4, 0.5) is 0 Å². The van der Waals surface area contributed by atoms with Crippen LogP contribution in [-0.4, -0.2) is 17.3 Å². The Bertz CT molecular complexity index is 272. The van der Waals surface area contributed by atoms with Gasteiger partial charge in [0, 0.05) is 17.7 Å². The van der Waals surface area contributed by atoms with Crippen LogP contribution in [-0.2, 0) is 4.79 Å². The zero-order valence-corrected chi connectivity index (χ0v) is 5.77. The lowest BCUT2D eigenvalue weighted by atomic mass is 10.2. The fraction of sp³-hybridized carbons (Fsp3) is 0. The molecule has 0 atom stereocenters. The van der Waals surface area contributed by atoms with Crippen molar-refractivity contribution in [3.8, 4) is 0 Å². The summed E-state index contributed by atoms with van der Waals surface area (Å²) in [6.45, 7) is 0. The van der Waals surface area contributed by atoms with Crippen LogP contribution in [0.5, 0.6) is 0 Å². The van der Waals surface area contributed by atoms with Gasteiger partial charge in [-0.05, 0) is 12.2 Å². The molecule has 11 heavy (non-hydrogen) atoms. The van der Waals surface area contributed by atoms with Gasteiger partial charge in [-0.15, -0.1) is 0 Å². The van der Waals surface area contributed by atoms with E-state index in [-0.39, 0.29) is 0 Å². The molecule has 1 radical (unpaired) electrons. The Morgan fingerprint density at radius 1 is 1.64 bits per heavy atom. The molecular weight excluding hydrogens is 142 g/mol. The van der Waals surface area contributed by atoms with Crippen molar-refractivity contribution in [2.75, 3.05) is 0 Å². The van der Waals surface area contributed by atoms with E-state index in [1.54, 1.807) is 24.6 Å². The highest BCUT2D eigenvalue weighted by Gasteiger charge is 1.97. The summed E-state index contributed by atoms with van der Waals surface area (Å²) in [5.74, 6) is -0.950. The van der Waals surface area contributed by atoms with E-state index in [0.717, 1.165) is 11.6 Å². The predicted molar refractivity (Wildman–Crippen MR) is 42.2 cm³/mol. The summed E-state index contributed by atoms with van der Waals surface area (Å²) in [6.07, 6.45) is 9.35. The molecule has 1 heterocycles. The van der Waals surface area contributed by atoms with Crippen LogP contribution in [0.2, 0.25) is 0 Å². The second kappa shape index (κ2) is 3.51. The minimum absolute atomic E-state index is 0.787. The molecule has 0 unspecified atom stereocenters. The van der Waals surface area contributed by atoms with Crippen LogP contribution in [0.3, 0.4) is 0 Å². The number of aliphatic carboxylic acids is 1. The molecule has 0 aromatic carbocycles. The lowest BCUT2D eigenvalue weighted by molar-refractivity contribution is -0.131. The fourth-order valence-electron chi connectivity index (χ4n) is 0.642. The third-order valence-electron chi connectivity index (χ3n) is 1.10. The van der Waals surface area contributed by atoms with Gasteiger partial charge in [-0.25, -0.2) is 4.79 Å². The van der Waals surface area contributed by atoms with E-state index in [2.05, 4.69) is 4.99 Å².